The first-order chi connectivity index (χ1) is 8.61. The topological polar surface area (TPSA) is 48.1 Å². The van der Waals surface area contributed by atoms with Crippen LogP contribution in [-0.2, 0) is 6.42 Å². The molecule has 2 rings (SSSR count). The van der Waals surface area contributed by atoms with Crippen LogP contribution in [0.1, 0.15) is 18.1 Å². The van der Waals surface area contributed by atoms with Gasteiger partial charge in [0.05, 0.1) is 16.4 Å². The zero-order valence-electron chi connectivity index (χ0n) is 10.4. The van der Waals surface area contributed by atoms with Crippen LogP contribution >= 0.6 is 15.9 Å². The summed E-state index contributed by atoms with van der Waals surface area (Å²) in [5, 5.41) is 0. The van der Waals surface area contributed by atoms with E-state index in [9.17, 15) is 0 Å². The molecule has 18 heavy (non-hydrogen) atoms. The van der Waals surface area contributed by atoms with Crippen LogP contribution in [0.2, 0.25) is 0 Å². The zero-order valence-corrected chi connectivity index (χ0v) is 12.0. The highest BCUT2D eigenvalue weighted by atomic mass is 79.9. The highest BCUT2D eigenvalue weighted by Crippen LogP contribution is 2.32. The lowest BCUT2D eigenvalue weighted by molar-refractivity contribution is 0.459. The minimum atomic E-state index is 0.537. The molecule has 4 heteroatoms. The predicted molar refractivity (Wildman–Crippen MR) is 77.0 cm³/mol. The van der Waals surface area contributed by atoms with Crippen LogP contribution in [0.15, 0.2) is 34.9 Å². The Labute approximate surface area is 115 Å². The van der Waals surface area contributed by atoms with E-state index < -0.39 is 0 Å². The molecule has 0 fully saturated rings. The lowest BCUT2D eigenvalue weighted by Crippen LogP contribution is -1.96. The molecule has 2 N–H and O–H groups in total. The van der Waals surface area contributed by atoms with Gasteiger partial charge in [-0.1, -0.05) is 19.1 Å². The van der Waals surface area contributed by atoms with Crippen molar-refractivity contribution in [3.63, 3.8) is 0 Å². The van der Waals surface area contributed by atoms with Crippen molar-refractivity contribution in [1.29, 1.82) is 0 Å². The van der Waals surface area contributed by atoms with Gasteiger partial charge in [0.15, 0.2) is 0 Å². The number of aromatic nitrogens is 1. The summed E-state index contributed by atoms with van der Waals surface area (Å²) in [4.78, 5) is 4.20. The summed E-state index contributed by atoms with van der Waals surface area (Å²) in [6.07, 6.45) is 2.59. The quantitative estimate of drug-likeness (QED) is 0.929. The van der Waals surface area contributed by atoms with Crippen molar-refractivity contribution in [3.05, 3.63) is 46.1 Å². The van der Waals surface area contributed by atoms with E-state index in [-0.39, 0.29) is 0 Å². The van der Waals surface area contributed by atoms with Crippen LogP contribution in [0.25, 0.3) is 0 Å². The minimum Gasteiger partial charge on any atom is -0.438 e. The number of anilines is 1. The van der Waals surface area contributed by atoms with E-state index in [4.69, 9.17) is 10.5 Å². The Kier molecular flexibility index (Phi) is 3.87. The van der Waals surface area contributed by atoms with Crippen LogP contribution in [-0.4, -0.2) is 4.98 Å². The maximum atomic E-state index is 5.78. The Hall–Kier alpha value is -1.55. The number of ether oxygens (including phenoxy) is 1. The lowest BCUT2D eigenvalue weighted by Gasteiger charge is -2.10. The Morgan fingerprint density at radius 3 is 2.89 bits per heavy atom. The van der Waals surface area contributed by atoms with Gasteiger partial charge < -0.3 is 10.5 Å². The maximum Gasteiger partial charge on any atom is 0.233 e. The summed E-state index contributed by atoms with van der Waals surface area (Å²) in [5.41, 5.74) is 8.60. The van der Waals surface area contributed by atoms with E-state index in [0.717, 1.165) is 22.2 Å². The summed E-state index contributed by atoms with van der Waals surface area (Å²) in [5.74, 6) is 1.32. The molecule has 0 aliphatic carbocycles. The molecule has 94 valence electrons. The maximum absolute atomic E-state index is 5.78. The molecule has 0 saturated carbocycles. The van der Waals surface area contributed by atoms with E-state index in [0.29, 0.717) is 11.6 Å². The minimum absolute atomic E-state index is 0.537. The van der Waals surface area contributed by atoms with Crippen LogP contribution in [0.3, 0.4) is 0 Å². The van der Waals surface area contributed by atoms with E-state index in [2.05, 4.69) is 33.9 Å². The van der Waals surface area contributed by atoms with E-state index in [1.54, 1.807) is 6.20 Å². The number of halogens is 1. The number of rotatable bonds is 3. The second-order valence-corrected chi connectivity index (χ2v) is 4.85. The first-order valence-corrected chi connectivity index (χ1v) is 6.58. The molecule has 3 nitrogen and oxygen atoms in total. The van der Waals surface area contributed by atoms with Crippen LogP contribution in [0, 0.1) is 6.92 Å². The van der Waals surface area contributed by atoms with Gasteiger partial charge in [-0.2, -0.15) is 0 Å². The zero-order chi connectivity index (χ0) is 13.1. The largest absolute Gasteiger partial charge is 0.438 e. The Balaban J connectivity index is 2.31. The van der Waals surface area contributed by atoms with Crippen LogP contribution in [0.4, 0.5) is 5.69 Å². The van der Waals surface area contributed by atoms with Crippen LogP contribution < -0.4 is 10.5 Å². The lowest BCUT2D eigenvalue weighted by atomic mass is 10.2. The van der Waals surface area contributed by atoms with Gasteiger partial charge >= 0.3 is 0 Å². The summed E-state index contributed by atoms with van der Waals surface area (Å²) in [6.45, 7) is 4.04. The smallest absolute Gasteiger partial charge is 0.233 e. The van der Waals surface area contributed by atoms with Gasteiger partial charge in [-0.25, -0.2) is 4.98 Å². The summed E-state index contributed by atoms with van der Waals surface area (Å²) in [7, 11) is 0. The number of hydrogen-bond acceptors (Lipinski definition) is 3. The van der Waals surface area contributed by atoms with Gasteiger partial charge in [0.1, 0.15) is 5.75 Å². The fourth-order valence-electron chi connectivity index (χ4n) is 1.58. The average Bonchev–Trinajstić information content (AvgIpc) is 2.40. The van der Waals surface area contributed by atoms with Crippen molar-refractivity contribution in [1.82, 2.24) is 4.98 Å². The molecular weight excluding hydrogens is 292 g/mol. The first kappa shape index (κ1) is 12.9. The van der Waals surface area contributed by atoms with Gasteiger partial charge in [-0.3, -0.25) is 0 Å². The predicted octanol–water partition coefficient (Wildman–Crippen LogP) is 4.09. The standard InChI is InChI=1S/C14H15BrN2O/c1-3-10-5-4-6-11(7-10)18-14-13(15)9(2)12(16)8-17-14/h4-8H,3,16H2,1-2H3. The molecule has 0 unspecified atom stereocenters. The molecule has 0 aliphatic rings. The number of aryl methyl sites for hydroxylation is 1. The SMILES string of the molecule is CCc1cccc(Oc2ncc(N)c(C)c2Br)c1. The number of nitrogens with two attached hydrogens (primary N) is 1. The highest BCUT2D eigenvalue weighted by molar-refractivity contribution is 9.10. The Morgan fingerprint density at radius 2 is 2.17 bits per heavy atom. The number of hydrogen-bond donors (Lipinski definition) is 1. The van der Waals surface area contributed by atoms with E-state index in [1.165, 1.54) is 5.56 Å². The van der Waals surface area contributed by atoms with Crippen molar-refractivity contribution in [2.24, 2.45) is 0 Å². The molecule has 0 atom stereocenters. The van der Waals surface area contributed by atoms with E-state index in [1.807, 2.05) is 25.1 Å². The van der Waals surface area contributed by atoms with Crippen molar-refractivity contribution in [2.75, 3.05) is 5.73 Å². The molecule has 0 radical (unpaired) electrons. The number of benzene rings is 1. The van der Waals surface area contributed by atoms with Crippen molar-refractivity contribution < 1.29 is 4.74 Å². The summed E-state index contributed by atoms with van der Waals surface area (Å²) < 4.78 is 6.57. The second kappa shape index (κ2) is 5.40. The first-order valence-electron chi connectivity index (χ1n) is 5.79. The Bertz CT molecular complexity index is 570. The summed E-state index contributed by atoms with van der Waals surface area (Å²) in [6, 6.07) is 7.98. The molecule has 1 heterocycles. The van der Waals surface area contributed by atoms with Gasteiger partial charge in [-0.05, 0) is 52.5 Å². The molecule has 1 aromatic carbocycles. The molecule has 0 aliphatic heterocycles. The monoisotopic (exact) mass is 306 g/mol. The van der Waals surface area contributed by atoms with E-state index >= 15 is 0 Å². The van der Waals surface area contributed by atoms with Gasteiger partial charge in [0.2, 0.25) is 5.88 Å². The molecule has 0 saturated heterocycles. The molecule has 0 bridgehead atoms. The number of nitrogens with zero attached hydrogens (tertiary/aromatic N) is 1. The molecule has 1 aromatic heterocycles. The normalized spacial score (nSPS) is 10.4. The fraction of sp³-hybridized carbons (Fsp3) is 0.214. The second-order valence-electron chi connectivity index (χ2n) is 4.06. The molecule has 2 aromatic rings. The third kappa shape index (κ3) is 2.64. The third-order valence-electron chi connectivity index (χ3n) is 2.79. The average molecular weight is 307 g/mol. The molecule has 0 amide bonds. The molecule has 0 spiro atoms. The molecular formula is C14H15BrN2O. The number of pyridine rings is 1. The summed E-state index contributed by atoms with van der Waals surface area (Å²) >= 11 is 3.46. The van der Waals surface area contributed by atoms with Crippen LogP contribution in [0.5, 0.6) is 11.6 Å². The highest BCUT2D eigenvalue weighted by Gasteiger charge is 2.09. The van der Waals surface area contributed by atoms with Crippen molar-refractivity contribution in [2.45, 2.75) is 20.3 Å². The number of nitrogen functional groups attached to an aromatic ring is 1. The van der Waals surface area contributed by atoms with Crippen molar-refractivity contribution in [3.8, 4) is 11.6 Å². The van der Waals surface area contributed by atoms with Gasteiger partial charge in [0.25, 0.3) is 0 Å². The van der Waals surface area contributed by atoms with Crippen molar-refractivity contribution >= 4 is 21.6 Å². The Morgan fingerprint density at radius 1 is 1.39 bits per heavy atom. The van der Waals surface area contributed by atoms with Gasteiger partial charge in [0, 0.05) is 0 Å². The van der Waals surface area contributed by atoms with Gasteiger partial charge in [-0.15, -0.1) is 0 Å². The third-order valence-corrected chi connectivity index (χ3v) is 3.73. The fourth-order valence-corrected chi connectivity index (χ4v) is 1.99.